The molecule has 1 aliphatic rings. The van der Waals surface area contributed by atoms with Gasteiger partial charge in [0, 0.05) is 43.0 Å². The van der Waals surface area contributed by atoms with Crippen molar-refractivity contribution in [2.24, 2.45) is 0 Å². The lowest BCUT2D eigenvalue weighted by Gasteiger charge is -2.36. The summed E-state index contributed by atoms with van der Waals surface area (Å²) in [5.74, 6) is 0.224. The SMILES string of the molecule is COc1ccc(N2CCN(C(=O)c3ccc(N(Cc4ccccc4F)S(C)(=O)=O)cc3)CC2)cc1. The van der Waals surface area contributed by atoms with Crippen molar-refractivity contribution < 1.29 is 22.3 Å². The third-order valence-electron chi connectivity index (χ3n) is 6.08. The Balaban J connectivity index is 1.43. The van der Waals surface area contributed by atoms with Crippen LogP contribution in [-0.4, -0.2) is 58.8 Å². The lowest BCUT2D eigenvalue weighted by atomic mass is 10.1. The molecule has 3 aromatic rings. The number of sulfonamides is 1. The predicted molar refractivity (Wildman–Crippen MR) is 135 cm³/mol. The number of hydrogen-bond donors (Lipinski definition) is 0. The van der Waals surface area contributed by atoms with Crippen LogP contribution in [0.5, 0.6) is 5.75 Å². The molecule has 0 radical (unpaired) electrons. The summed E-state index contributed by atoms with van der Waals surface area (Å²) in [7, 11) is -2.03. The van der Waals surface area contributed by atoms with Gasteiger partial charge in [0.15, 0.2) is 0 Å². The number of amides is 1. The van der Waals surface area contributed by atoms with Crippen LogP contribution in [0.25, 0.3) is 0 Å². The van der Waals surface area contributed by atoms with Crippen LogP contribution < -0.4 is 13.9 Å². The van der Waals surface area contributed by atoms with E-state index in [1.54, 1.807) is 54.5 Å². The Morgan fingerprint density at radius 2 is 1.57 bits per heavy atom. The number of benzene rings is 3. The molecule has 0 aliphatic carbocycles. The minimum Gasteiger partial charge on any atom is -0.497 e. The van der Waals surface area contributed by atoms with Crippen molar-refractivity contribution in [2.45, 2.75) is 6.54 Å². The van der Waals surface area contributed by atoms with E-state index in [1.165, 1.54) is 6.07 Å². The van der Waals surface area contributed by atoms with Gasteiger partial charge in [0.1, 0.15) is 11.6 Å². The van der Waals surface area contributed by atoms with Crippen molar-refractivity contribution >= 4 is 27.3 Å². The van der Waals surface area contributed by atoms with E-state index in [0.29, 0.717) is 37.4 Å². The van der Waals surface area contributed by atoms with Crippen LogP contribution in [-0.2, 0) is 16.6 Å². The maximum atomic E-state index is 14.1. The Kier molecular flexibility index (Phi) is 7.25. The number of rotatable bonds is 7. The van der Waals surface area contributed by atoms with Gasteiger partial charge in [0.25, 0.3) is 5.91 Å². The van der Waals surface area contributed by atoms with Crippen LogP contribution in [0, 0.1) is 5.82 Å². The first-order chi connectivity index (χ1) is 16.8. The fourth-order valence-electron chi connectivity index (χ4n) is 4.09. The minimum absolute atomic E-state index is 0.106. The first-order valence-corrected chi connectivity index (χ1v) is 13.1. The molecule has 9 heteroatoms. The van der Waals surface area contributed by atoms with Crippen molar-refractivity contribution in [3.63, 3.8) is 0 Å². The van der Waals surface area contributed by atoms with Crippen LogP contribution in [0.1, 0.15) is 15.9 Å². The average Bonchev–Trinajstić information content (AvgIpc) is 2.87. The molecule has 4 rings (SSSR count). The summed E-state index contributed by atoms with van der Waals surface area (Å²) in [6.45, 7) is 2.44. The van der Waals surface area contributed by atoms with Crippen molar-refractivity contribution in [1.82, 2.24) is 4.90 Å². The highest BCUT2D eigenvalue weighted by Gasteiger charge is 2.24. The maximum Gasteiger partial charge on any atom is 0.253 e. The first-order valence-electron chi connectivity index (χ1n) is 11.3. The van der Waals surface area contributed by atoms with Gasteiger partial charge in [-0.2, -0.15) is 0 Å². The largest absolute Gasteiger partial charge is 0.497 e. The van der Waals surface area contributed by atoms with Crippen LogP contribution in [0.15, 0.2) is 72.8 Å². The monoisotopic (exact) mass is 497 g/mol. The maximum absolute atomic E-state index is 14.1. The smallest absolute Gasteiger partial charge is 0.253 e. The van der Waals surface area contributed by atoms with E-state index < -0.39 is 15.8 Å². The van der Waals surface area contributed by atoms with Crippen molar-refractivity contribution in [1.29, 1.82) is 0 Å². The number of nitrogens with zero attached hydrogens (tertiary/aromatic N) is 3. The number of halogens is 1. The van der Waals surface area contributed by atoms with Gasteiger partial charge in [-0.15, -0.1) is 0 Å². The zero-order valence-electron chi connectivity index (χ0n) is 19.7. The molecule has 0 spiro atoms. The first kappa shape index (κ1) is 24.5. The van der Waals surface area contributed by atoms with E-state index in [4.69, 9.17) is 4.74 Å². The van der Waals surface area contributed by atoms with Gasteiger partial charge in [-0.05, 0) is 54.6 Å². The molecule has 35 heavy (non-hydrogen) atoms. The number of ether oxygens (including phenoxy) is 1. The lowest BCUT2D eigenvalue weighted by molar-refractivity contribution is 0.0747. The molecule has 3 aromatic carbocycles. The molecule has 0 saturated carbocycles. The predicted octanol–water partition coefficient (Wildman–Crippen LogP) is 3.76. The Labute approximate surface area is 205 Å². The summed E-state index contributed by atoms with van der Waals surface area (Å²) < 4.78 is 45.3. The summed E-state index contributed by atoms with van der Waals surface area (Å²) in [6, 6.07) is 20.3. The standard InChI is InChI=1S/C26H28FN3O4S/c1-34-24-13-11-22(12-14-24)28-15-17-29(18-16-28)26(31)20-7-9-23(10-8-20)30(35(2,32)33)19-21-5-3-4-6-25(21)27/h3-14H,15-19H2,1-2H3. The highest BCUT2D eigenvalue weighted by molar-refractivity contribution is 7.92. The molecule has 1 fully saturated rings. The van der Waals surface area contributed by atoms with Crippen LogP contribution >= 0.6 is 0 Å². The van der Waals surface area contributed by atoms with E-state index in [2.05, 4.69) is 4.90 Å². The van der Waals surface area contributed by atoms with Crippen molar-refractivity contribution in [2.75, 3.05) is 48.7 Å². The third-order valence-corrected chi connectivity index (χ3v) is 7.22. The molecular weight excluding hydrogens is 469 g/mol. The highest BCUT2D eigenvalue weighted by Crippen LogP contribution is 2.24. The summed E-state index contributed by atoms with van der Waals surface area (Å²) in [4.78, 5) is 17.1. The lowest BCUT2D eigenvalue weighted by Crippen LogP contribution is -2.48. The summed E-state index contributed by atoms with van der Waals surface area (Å²) in [6.07, 6.45) is 1.08. The molecular formula is C26H28FN3O4S. The average molecular weight is 498 g/mol. The van der Waals surface area contributed by atoms with E-state index in [-0.39, 0.29) is 18.0 Å². The van der Waals surface area contributed by atoms with E-state index in [0.717, 1.165) is 22.0 Å². The van der Waals surface area contributed by atoms with Gasteiger partial charge in [0.05, 0.1) is 25.6 Å². The van der Waals surface area contributed by atoms with Gasteiger partial charge in [-0.1, -0.05) is 18.2 Å². The number of piperazine rings is 1. The molecule has 0 atom stereocenters. The molecule has 1 amide bonds. The number of carbonyl (C=O) groups is 1. The second kappa shape index (κ2) is 10.4. The molecule has 0 aromatic heterocycles. The highest BCUT2D eigenvalue weighted by atomic mass is 32.2. The van der Waals surface area contributed by atoms with Gasteiger partial charge < -0.3 is 14.5 Å². The molecule has 0 unspecified atom stereocenters. The Bertz CT molecular complexity index is 1270. The van der Waals surface area contributed by atoms with Crippen LogP contribution in [0.3, 0.4) is 0 Å². The Morgan fingerprint density at radius 1 is 0.943 bits per heavy atom. The van der Waals surface area contributed by atoms with Gasteiger partial charge in [-0.3, -0.25) is 9.10 Å². The Morgan fingerprint density at radius 3 is 2.14 bits per heavy atom. The Hall–Kier alpha value is -3.59. The number of carbonyl (C=O) groups excluding carboxylic acids is 1. The van der Waals surface area contributed by atoms with Crippen molar-refractivity contribution in [3.05, 3.63) is 89.7 Å². The molecule has 1 heterocycles. The third kappa shape index (κ3) is 5.74. The fourth-order valence-corrected chi connectivity index (χ4v) is 4.97. The zero-order chi connectivity index (χ0) is 25.0. The summed E-state index contributed by atoms with van der Waals surface area (Å²) in [5.41, 5.74) is 2.20. The normalized spacial score (nSPS) is 14.0. The molecule has 1 saturated heterocycles. The summed E-state index contributed by atoms with van der Waals surface area (Å²) in [5, 5.41) is 0. The van der Waals surface area contributed by atoms with E-state index in [1.807, 2.05) is 24.3 Å². The zero-order valence-corrected chi connectivity index (χ0v) is 20.5. The molecule has 1 aliphatic heterocycles. The van der Waals surface area contributed by atoms with E-state index in [9.17, 15) is 17.6 Å². The number of anilines is 2. The van der Waals surface area contributed by atoms with Crippen molar-refractivity contribution in [3.8, 4) is 5.75 Å². The van der Waals surface area contributed by atoms with Gasteiger partial charge in [-0.25, -0.2) is 12.8 Å². The van der Waals surface area contributed by atoms with Crippen LogP contribution in [0.2, 0.25) is 0 Å². The number of hydrogen-bond acceptors (Lipinski definition) is 5. The second-order valence-corrected chi connectivity index (χ2v) is 10.3. The molecule has 0 N–H and O–H groups in total. The molecule has 7 nitrogen and oxygen atoms in total. The van der Waals surface area contributed by atoms with Crippen LogP contribution in [0.4, 0.5) is 15.8 Å². The van der Waals surface area contributed by atoms with Gasteiger partial charge >= 0.3 is 0 Å². The molecule has 184 valence electrons. The quantitative estimate of drug-likeness (QED) is 0.497. The second-order valence-electron chi connectivity index (χ2n) is 8.39. The topological polar surface area (TPSA) is 70.2 Å². The van der Waals surface area contributed by atoms with Gasteiger partial charge in [0.2, 0.25) is 10.0 Å². The molecule has 0 bridgehead atoms. The minimum atomic E-state index is -3.67. The number of methoxy groups -OCH3 is 1. The summed E-state index contributed by atoms with van der Waals surface area (Å²) >= 11 is 0. The van der Waals surface area contributed by atoms with E-state index >= 15 is 0 Å². The fraction of sp³-hybridized carbons (Fsp3) is 0.269.